The van der Waals surface area contributed by atoms with Crippen molar-refractivity contribution in [2.24, 2.45) is 0 Å². The van der Waals surface area contributed by atoms with Gasteiger partial charge in [0.2, 0.25) is 0 Å². The molecule has 0 saturated carbocycles. The molecule has 25 heavy (non-hydrogen) atoms. The van der Waals surface area contributed by atoms with Crippen molar-refractivity contribution in [1.82, 2.24) is 0 Å². The van der Waals surface area contributed by atoms with Crippen LogP contribution >= 0.6 is 0 Å². The lowest BCUT2D eigenvalue weighted by molar-refractivity contribution is -0.145. The van der Waals surface area contributed by atoms with E-state index in [0.29, 0.717) is 12.2 Å². The van der Waals surface area contributed by atoms with Crippen LogP contribution in [0.2, 0.25) is 0 Å². The van der Waals surface area contributed by atoms with Crippen LogP contribution in [-0.2, 0) is 16.1 Å². The second-order valence-corrected chi connectivity index (χ2v) is 5.62. The molecule has 132 valence electrons. The summed E-state index contributed by atoms with van der Waals surface area (Å²) in [5, 5.41) is 0. The highest BCUT2D eigenvalue weighted by atomic mass is 19.3. The number of allylic oxidation sites excluding steroid dienone is 1. The van der Waals surface area contributed by atoms with E-state index in [4.69, 9.17) is 9.47 Å². The van der Waals surface area contributed by atoms with Crippen molar-refractivity contribution in [3.63, 3.8) is 0 Å². The van der Waals surface area contributed by atoms with Gasteiger partial charge in [0.05, 0.1) is 0 Å². The fourth-order valence-corrected chi connectivity index (χ4v) is 2.15. The molecule has 2 aromatic carbocycles. The van der Waals surface area contributed by atoms with Gasteiger partial charge in [-0.1, -0.05) is 30.3 Å². The largest absolute Gasteiger partial charge is 0.461 e. The van der Waals surface area contributed by atoms with Crippen LogP contribution in [0, 0.1) is 0 Å². The lowest BCUT2D eigenvalue weighted by Crippen LogP contribution is -2.04. The van der Waals surface area contributed by atoms with E-state index in [-0.39, 0.29) is 25.0 Å². The minimum atomic E-state index is -1.68. The monoisotopic (exact) mass is 346 g/mol. The number of hydrogen-bond acceptors (Lipinski definition) is 3. The Morgan fingerprint density at radius 1 is 0.960 bits per heavy atom. The Balaban J connectivity index is 1.80. The van der Waals surface area contributed by atoms with E-state index >= 15 is 0 Å². The number of carbonyl (C=O) groups is 1. The second kappa shape index (κ2) is 9.57. The zero-order chi connectivity index (χ0) is 18.1. The average molecular weight is 346 g/mol. The Morgan fingerprint density at radius 2 is 1.68 bits per heavy atom. The molecule has 0 saturated heterocycles. The molecule has 2 aromatic rings. The molecule has 2 rings (SSSR count). The predicted molar refractivity (Wildman–Crippen MR) is 91.5 cm³/mol. The highest BCUT2D eigenvalue weighted by Gasteiger charge is 2.06. The van der Waals surface area contributed by atoms with Crippen molar-refractivity contribution in [3.05, 3.63) is 71.8 Å². The fraction of sp³-hybridized carbons (Fsp3) is 0.250. The molecule has 0 aliphatic heterocycles. The third kappa shape index (κ3) is 6.75. The van der Waals surface area contributed by atoms with Crippen molar-refractivity contribution in [1.29, 1.82) is 0 Å². The third-order valence-electron chi connectivity index (χ3n) is 3.53. The van der Waals surface area contributed by atoms with Gasteiger partial charge in [-0.25, -0.2) is 0 Å². The van der Waals surface area contributed by atoms with Gasteiger partial charge in [-0.2, -0.15) is 8.78 Å². The van der Waals surface area contributed by atoms with Gasteiger partial charge in [0, 0.05) is 6.42 Å². The number of hydrogen-bond donors (Lipinski definition) is 0. The second-order valence-electron chi connectivity index (χ2n) is 5.62. The first-order valence-corrected chi connectivity index (χ1v) is 8.03. The first-order chi connectivity index (χ1) is 12.0. The molecule has 0 unspecified atom stereocenters. The summed E-state index contributed by atoms with van der Waals surface area (Å²) < 4.78 is 35.4. The fourth-order valence-electron chi connectivity index (χ4n) is 2.15. The molecule has 0 N–H and O–H groups in total. The maximum absolute atomic E-state index is 12.3. The quantitative estimate of drug-likeness (QED) is 0.561. The van der Waals surface area contributed by atoms with Crippen LogP contribution in [0.1, 0.15) is 31.7 Å². The van der Waals surface area contributed by atoms with E-state index in [2.05, 4.69) is 0 Å². The molecule has 0 bridgehead atoms. The molecular formula is C20H20F2O3. The Kier molecular flexibility index (Phi) is 7.14. The first-order valence-electron chi connectivity index (χ1n) is 8.03. The number of carbonyl (C=O) groups excluding carboxylic acids is 1. The zero-order valence-corrected chi connectivity index (χ0v) is 14.0. The summed E-state index contributed by atoms with van der Waals surface area (Å²) >= 11 is 0. The number of ether oxygens (including phenoxy) is 2. The minimum absolute atomic E-state index is 0.0126. The van der Waals surface area contributed by atoms with Crippen molar-refractivity contribution in [2.45, 2.75) is 32.8 Å². The smallest absolute Gasteiger partial charge is 0.306 e. The van der Waals surface area contributed by atoms with Crippen LogP contribution < -0.4 is 4.74 Å². The third-order valence-corrected chi connectivity index (χ3v) is 3.53. The predicted octanol–water partition coefficient (Wildman–Crippen LogP) is 5.86. The lowest BCUT2D eigenvalue weighted by Gasteiger charge is -2.08. The summed E-state index contributed by atoms with van der Waals surface area (Å²) in [5.74, 6) is 0.973. The standard InChI is InChI=1S/C20H20F2O3/c1-15(20(21)22)7-5-12-19(23)24-14-16-8-6-11-18(13-16)25-17-9-3-2-4-10-17/h2-4,6,8-11,13H,5,7,12,14H2,1H3. The van der Waals surface area contributed by atoms with Crippen molar-refractivity contribution >= 4 is 5.97 Å². The summed E-state index contributed by atoms with van der Waals surface area (Å²) in [6.45, 7) is 1.48. The molecule has 0 aliphatic carbocycles. The Bertz CT molecular complexity index is 723. The Hall–Kier alpha value is -2.69. The topological polar surface area (TPSA) is 35.5 Å². The molecule has 0 aliphatic rings. The van der Waals surface area contributed by atoms with Crippen LogP contribution in [0.25, 0.3) is 0 Å². The van der Waals surface area contributed by atoms with Crippen molar-refractivity contribution in [3.8, 4) is 11.5 Å². The van der Waals surface area contributed by atoms with E-state index < -0.39 is 12.0 Å². The van der Waals surface area contributed by atoms with Gasteiger partial charge in [0.25, 0.3) is 6.08 Å². The molecule has 0 aromatic heterocycles. The van der Waals surface area contributed by atoms with Gasteiger partial charge in [-0.15, -0.1) is 0 Å². The van der Waals surface area contributed by atoms with Gasteiger partial charge in [0.15, 0.2) is 0 Å². The van der Waals surface area contributed by atoms with Gasteiger partial charge in [-0.05, 0) is 55.2 Å². The molecule has 0 radical (unpaired) electrons. The highest BCUT2D eigenvalue weighted by Crippen LogP contribution is 2.22. The maximum Gasteiger partial charge on any atom is 0.306 e. The van der Waals surface area contributed by atoms with E-state index in [0.717, 1.165) is 11.3 Å². The summed E-state index contributed by atoms with van der Waals surface area (Å²) in [5.41, 5.74) is 0.811. The minimum Gasteiger partial charge on any atom is -0.461 e. The van der Waals surface area contributed by atoms with Gasteiger partial charge in [0.1, 0.15) is 18.1 Å². The van der Waals surface area contributed by atoms with Gasteiger partial charge >= 0.3 is 5.97 Å². The summed E-state index contributed by atoms with van der Waals surface area (Å²) in [4.78, 5) is 11.7. The van der Waals surface area contributed by atoms with Crippen LogP contribution in [0.3, 0.4) is 0 Å². The maximum atomic E-state index is 12.3. The van der Waals surface area contributed by atoms with E-state index in [9.17, 15) is 13.6 Å². The van der Waals surface area contributed by atoms with Crippen LogP contribution in [0.5, 0.6) is 11.5 Å². The van der Waals surface area contributed by atoms with Crippen LogP contribution in [-0.4, -0.2) is 5.97 Å². The van der Waals surface area contributed by atoms with Crippen LogP contribution in [0.15, 0.2) is 66.3 Å². The molecule has 3 nitrogen and oxygen atoms in total. The normalized spacial score (nSPS) is 10.2. The van der Waals surface area contributed by atoms with Gasteiger partial charge < -0.3 is 9.47 Å². The van der Waals surface area contributed by atoms with Crippen molar-refractivity contribution < 1.29 is 23.0 Å². The first kappa shape index (κ1) is 18.6. The van der Waals surface area contributed by atoms with E-state index in [1.165, 1.54) is 6.92 Å². The molecule has 0 heterocycles. The number of halogens is 2. The average Bonchev–Trinajstić information content (AvgIpc) is 2.61. The SMILES string of the molecule is CC(CCCC(=O)OCc1cccc(Oc2ccccc2)c1)=C(F)F. The Morgan fingerprint density at radius 3 is 2.40 bits per heavy atom. The summed E-state index contributed by atoms with van der Waals surface area (Å²) in [7, 11) is 0. The molecule has 0 amide bonds. The van der Waals surface area contributed by atoms with E-state index in [1.54, 1.807) is 6.07 Å². The van der Waals surface area contributed by atoms with Crippen LogP contribution in [0.4, 0.5) is 8.78 Å². The lowest BCUT2D eigenvalue weighted by atomic mass is 10.1. The molecular weight excluding hydrogens is 326 g/mol. The van der Waals surface area contributed by atoms with Gasteiger partial charge in [-0.3, -0.25) is 4.79 Å². The van der Waals surface area contributed by atoms with E-state index in [1.807, 2.05) is 48.5 Å². The molecule has 0 spiro atoms. The number of para-hydroxylation sites is 1. The molecule has 0 atom stereocenters. The number of esters is 1. The number of benzene rings is 2. The molecule has 0 fully saturated rings. The summed E-state index contributed by atoms with van der Waals surface area (Å²) in [6, 6.07) is 16.6. The highest BCUT2D eigenvalue weighted by molar-refractivity contribution is 5.69. The molecule has 5 heteroatoms. The zero-order valence-electron chi connectivity index (χ0n) is 14.0. The summed E-state index contributed by atoms with van der Waals surface area (Å²) in [6.07, 6.45) is -1.02. The Labute approximate surface area is 145 Å². The van der Waals surface area contributed by atoms with Crippen molar-refractivity contribution in [2.75, 3.05) is 0 Å². The number of rotatable bonds is 8.